The Morgan fingerprint density at radius 2 is 2.25 bits per heavy atom. The first-order chi connectivity index (χ1) is 7.55. The highest BCUT2D eigenvalue weighted by molar-refractivity contribution is 9.09. The van der Waals surface area contributed by atoms with Crippen molar-refractivity contribution in [3.05, 3.63) is 29.6 Å². The molecule has 16 heavy (non-hydrogen) atoms. The SMILES string of the molecule is COc1ccc(F)cc1C1(C)CCC(Br)C1. The Labute approximate surface area is 104 Å². The maximum Gasteiger partial charge on any atom is 0.123 e. The third-order valence-electron chi connectivity index (χ3n) is 3.49. The van der Waals surface area contributed by atoms with Gasteiger partial charge in [-0.15, -0.1) is 0 Å². The number of benzene rings is 1. The number of alkyl halides is 1. The largest absolute Gasteiger partial charge is 0.496 e. The highest BCUT2D eigenvalue weighted by atomic mass is 79.9. The minimum absolute atomic E-state index is 0.0294. The van der Waals surface area contributed by atoms with Crippen molar-refractivity contribution in [2.45, 2.75) is 36.4 Å². The zero-order valence-corrected chi connectivity index (χ0v) is 11.2. The summed E-state index contributed by atoms with van der Waals surface area (Å²) in [6.07, 6.45) is 3.24. The number of halogens is 2. The van der Waals surface area contributed by atoms with E-state index < -0.39 is 0 Å². The van der Waals surface area contributed by atoms with E-state index in [1.807, 2.05) is 0 Å². The van der Waals surface area contributed by atoms with Crippen LogP contribution < -0.4 is 4.74 Å². The molecule has 1 aliphatic rings. The zero-order chi connectivity index (χ0) is 11.8. The average Bonchev–Trinajstić information content (AvgIpc) is 2.60. The van der Waals surface area contributed by atoms with Crippen LogP contribution in [0.2, 0.25) is 0 Å². The van der Waals surface area contributed by atoms with Crippen molar-refractivity contribution in [2.24, 2.45) is 0 Å². The van der Waals surface area contributed by atoms with Gasteiger partial charge in [-0.2, -0.15) is 0 Å². The van der Waals surface area contributed by atoms with Gasteiger partial charge in [-0.3, -0.25) is 0 Å². The van der Waals surface area contributed by atoms with Crippen LogP contribution in [0, 0.1) is 5.82 Å². The van der Waals surface area contributed by atoms with Crippen LogP contribution >= 0.6 is 15.9 Å². The maximum absolute atomic E-state index is 13.3. The van der Waals surface area contributed by atoms with E-state index in [-0.39, 0.29) is 11.2 Å². The normalized spacial score (nSPS) is 29.4. The van der Waals surface area contributed by atoms with E-state index in [4.69, 9.17) is 4.74 Å². The molecule has 1 aromatic rings. The molecule has 1 aliphatic carbocycles. The van der Waals surface area contributed by atoms with Crippen molar-refractivity contribution in [1.82, 2.24) is 0 Å². The van der Waals surface area contributed by atoms with E-state index in [9.17, 15) is 4.39 Å². The highest BCUT2D eigenvalue weighted by Gasteiger charge is 2.37. The predicted molar refractivity (Wildman–Crippen MR) is 66.9 cm³/mol. The van der Waals surface area contributed by atoms with E-state index in [0.717, 1.165) is 30.6 Å². The molecule has 0 bridgehead atoms. The third kappa shape index (κ3) is 2.10. The predicted octanol–water partition coefficient (Wildman–Crippen LogP) is 4.04. The first-order valence-corrected chi connectivity index (χ1v) is 6.45. The molecular weight excluding hydrogens is 271 g/mol. The molecule has 0 aliphatic heterocycles. The van der Waals surface area contributed by atoms with Gasteiger partial charge >= 0.3 is 0 Å². The molecule has 1 saturated carbocycles. The summed E-state index contributed by atoms with van der Waals surface area (Å²) in [4.78, 5) is 0.533. The fourth-order valence-corrected chi connectivity index (χ4v) is 3.51. The fourth-order valence-electron chi connectivity index (χ4n) is 2.56. The molecule has 2 atom stereocenters. The fraction of sp³-hybridized carbons (Fsp3) is 0.538. The molecular formula is C13H16BrFO. The molecule has 1 nitrogen and oxygen atoms in total. The van der Waals surface area contributed by atoms with Gasteiger partial charge in [0.15, 0.2) is 0 Å². The molecule has 2 unspecified atom stereocenters. The number of methoxy groups -OCH3 is 1. The summed E-state index contributed by atoms with van der Waals surface area (Å²) >= 11 is 3.64. The summed E-state index contributed by atoms with van der Waals surface area (Å²) in [7, 11) is 1.64. The quantitative estimate of drug-likeness (QED) is 0.746. The van der Waals surface area contributed by atoms with Gasteiger partial charge in [0, 0.05) is 10.4 Å². The zero-order valence-electron chi connectivity index (χ0n) is 9.59. The van der Waals surface area contributed by atoms with Crippen LogP contribution in [0.5, 0.6) is 5.75 Å². The Morgan fingerprint density at radius 1 is 1.50 bits per heavy atom. The number of hydrogen-bond donors (Lipinski definition) is 0. The molecule has 3 heteroatoms. The molecule has 0 spiro atoms. The van der Waals surface area contributed by atoms with Crippen molar-refractivity contribution >= 4 is 15.9 Å². The number of rotatable bonds is 2. The summed E-state index contributed by atoms with van der Waals surface area (Å²) in [6, 6.07) is 4.79. The van der Waals surface area contributed by atoms with Crippen LogP contribution in [-0.4, -0.2) is 11.9 Å². The summed E-state index contributed by atoms with van der Waals surface area (Å²) < 4.78 is 18.7. The van der Waals surface area contributed by atoms with E-state index in [1.54, 1.807) is 19.2 Å². The van der Waals surface area contributed by atoms with Gasteiger partial charge in [0.2, 0.25) is 0 Å². The second kappa shape index (κ2) is 4.36. The lowest BCUT2D eigenvalue weighted by Crippen LogP contribution is -2.19. The molecule has 0 amide bonds. The second-order valence-electron chi connectivity index (χ2n) is 4.75. The first kappa shape index (κ1) is 11.9. The molecule has 88 valence electrons. The van der Waals surface area contributed by atoms with Gasteiger partial charge in [0.1, 0.15) is 11.6 Å². The monoisotopic (exact) mass is 286 g/mol. The first-order valence-electron chi connectivity index (χ1n) is 5.53. The van der Waals surface area contributed by atoms with Gasteiger partial charge in [0.05, 0.1) is 7.11 Å². The van der Waals surface area contributed by atoms with Crippen molar-refractivity contribution in [3.8, 4) is 5.75 Å². The Balaban J connectivity index is 2.42. The topological polar surface area (TPSA) is 9.23 Å². The standard InChI is InChI=1S/C13H16BrFO/c1-13(6-5-9(14)8-13)11-7-10(15)3-4-12(11)16-2/h3-4,7,9H,5-6,8H2,1-2H3. The van der Waals surface area contributed by atoms with Crippen LogP contribution in [0.4, 0.5) is 4.39 Å². The van der Waals surface area contributed by atoms with E-state index in [1.165, 1.54) is 6.07 Å². The van der Waals surface area contributed by atoms with Crippen LogP contribution in [0.25, 0.3) is 0 Å². The Morgan fingerprint density at radius 3 is 2.81 bits per heavy atom. The summed E-state index contributed by atoms with van der Waals surface area (Å²) in [5, 5.41) is 0. The van der Waals surface area contributed by atoms with Crippen molar-refractivity contribution in [3.63, 3.8) is 0 Å². The van der Waals surface area contributed by atoms with E-state index >= 15 is 0 Å². The number of ether oxygens (including phenoxy) is 1. The van der Waals surface area contributed by atoms with E-state index in [2.05, 4.69) is 22.9 Å². The summed E-state index contributed by atoms with van der Waals surface area (Å²) in [6.45, 7) is 2.19. The minimum Gasteiger partial charge on any atom is -0.496 e. The van der Waals surface area contributed by atoms with E-state index in [0.29, 0.717) is 4.83 Å². The molecule has 1 aromatic carbocycles. The molecule has 0 heterocycles. The third-order valence-corrected chi connectivity index (χ3v) is 4.27. The van der Waals surface area contributed by atoms with Crippen molar-refractivity contribution in [2.75, 3.05) is 7.11 Å². The lowest BCUT2D eigenvalue weighted by Gasteiger charge is -2.26. The van der Waals surface area contributed by atoms with Gasteiger partial charge in [-0.1, -0.05) is 22.9 Å². The van der Waals surface area contributed by atoms with Gasteiger partial charge in [-0.05, 0) is 42.9 Å². The van der Waals surface area contributed by atoms with Crippen LogP contribution in [0.3, 0.4) is 0 Å². The van der Waals surface area contributed by atoms with Gasteiger partial charge in [0.25, 0.3) is 0 Å². The smallest absolute Gasteiger partial charge is 0.123 e. The molecule has 1 fully saturated rings. The lowest BCUT2D eigenvalue weighted by molar-refractivity contribution is 0.384. The lowest BCUT2D eigenvalue weighted by atomic mass is 9.80. The Hall–Kier alpha value is -0.570. The molecule has 2 rings (SSSR count). The highest BCUT2D eigenvalue weighted by Crippen LogP contribution is 2.46. The Kier molecular flexibility index (Phi) is 3.24. The minimum atomic E-state index is -0.185. The van der Waals surface area contributed by atoms with Crippen molar-refractivity contribution in [1.29, 1.82) is 0 Å². The molecule has 0 radical (unpaired) electrons. The van der Waals surface area contributed by atoms with Crippen molar-refractivity contribution < 1.29 is 9.13 Å². The van der Waals surface area contributed by atoms with Gasteiger partial charge < -0.3 is 4.74 Å². The molecule has 0 aromatic heterocycles. The van der Waals surface area contributed by atoms with Gasteiger partial charge in [-0.25, -0.2) is 4.39 Å². The molecule has 0 saturated heterocycles. The maximum atomic E-state index is 13.3. The second-order valence-corrected chi connectivity index (χ2v) is 6.04. The van der Waals surface area contributed by atoms with Crippen LogP contribution in [0.15, 0.2) is 18.2 Å². The Bertz CT molecular complexity index is 394. The van der Waals surface area contributed by atoms with Crippen LogP contribution in [0.1, 0.15) is 31.7 Å². The summed E-state index contributed by atoms with van der Waals surface area (Å²) in [5.74, 6) is 0.612. The number of hydrogen-bond acceptors (Lipinski definition) is 1. The average molecular weight is 287 g/mol. The van der Waals surface area contributed by atoms with Crippen LogP contribution in [-0.2, 0) is 5.41 Å². The molecule has 0 N–H and O–H groups in total. The summed E-state index contributed by atoms with van der Waals surface area (Å²) in [5.41, 5.74) is 1.03.